The van der Waals surface area contributed by atoms with E-state index < -0.39 is 0 Å². The molecule has 0 bridgehead atoms. The van der Waals surface area contributed by atoms with Crippen molar-refractivity contribution in [3.05, 3.63) is 59.2 Å². The second-order valence-corrected chi connectivity index (χ2v) is 7.49. The molecule has 1 saturated heterocycles. The van der Waals surface area contributed by atoms with E-state index in [1.54, 1.807) is 31.4 Å². The van der Waals surface area contributed by atoms with Crippen LogP contribution in [0.15, 0.2) is 42.5 Å². The first-order valence-corrected chi connectivity index (χ1v) is 9.91. The molecular weight excluding hydrogens is 364 g/mol. The van der Waals surface area contributed by atoms with Gasteiger partial charge >= 0.3 is 0 Å². The highest BCUT2D eigenvalue weighted by Gasteiger charge is 2.26. The lowest BCUT2D eigenvalue weighted by Crippen LogP contribution is -2.52. The van der Waals surface area contributed by atoms with E-state index in [0.29, 0.717) is 11.3 Å². The zero-order chi connectivity index (χ0) is 20.8. The molecule has 1 amide bonds. The molecular formula is C23H28N4O2. The summed E-state index contributed by atoms with van der Waals surface area (Å²) >= 11 is 0. The molecule has 1 aliphatic rings. The van der Waals surface area contributed by atoms with Crippen molar-refractivity contribution in [2.45, 2.75) is 26.4 Å². The lowest BCUT2D eigenvalue weighted by molar-refractivity contribution is -0.121. The SMILES string of the molecule is COc1ccc(C)cc1CN1CCN([C@H](C)C(=O)Nc2cccc(C#N)c2)CC1. The molecule has 0 aromatic heterocycles. The number of aryl methyl sites for hydroxylation is 1. The van der Waals surface area contributed by atoms with Gasteiger partial charge in [0.25, 0.3) is 0 Å². The summed E-state index contributed by atoms with van der Waals surface area (Å²) in [6.07, 6.45) is 0. The average Bonchev–Trinajstić information content (AvgIpc) is 2.74. The number of hydrogen-bond donors (Lipinski definition) is 1. The van der Waals surface area contributed by atoms with Gasteiger partial charge in [0.2, 0.25) is 5.91 Å². The number of nitrogens with zero attached hydrogens (tertiary/aromatic N) is 3. The van der Waals surface area contributed by atoms with E-state index >= 15 is 0 Å². The topological polar surface area (TPSA) is 68.6 Å². The molecule has 1 atom stereocenters. The normalized spacial score (nSPS) is 16.1. The Hall–Kier alpha value is -2.88. The van der Waals surface area contributed by atoms with Gasteiger partial charge in [-0.2, -0.15) is 5.26 Å². The summed E-state index contributed by atoms with van der Waals surface area (Å²) in [6.45, 7) is 8.34. The molecule has 0 aliphatic carbocycles. The van der Waals surface area contributed by atoms with E-state index in [1.165, 1.54) is 11.1 Å². The molecule has 152 valence electrons. The van der Waals surface area contributed by atoms with Crippen molar-refractivity contribution in [2.24, 2.45) is 0 Å². The minimum absolute atomic E-state index is 0.0473. The number of piperazine rings is 1. The lowest BCUT2D eigenvalue weighted by atomic mass is 10.1. The van der Waals surface area contributed by atoms with Crippen LogP contribution in [0, 0.1) is 18.3 Å². The minimum atomic E-state index is -0.226. The molecule has 3 rings (SSSR count). The van der Waals surface area contributed by atoms with Crippen LogP contribution in [-0.4, -0.2) is 55.0 Å². The van der Waals surface area contributed by atoms with Crippen LogP contribution in [0.3, 0.4) is 0 Å². The van der Waals surface area contributed by atoms with Gasteiger partial charge < -0.3 is 10.1 Å². The maximum absolute atomic E-state index is 12.6. The van der Waals surface area contributed by atoms with Gasteiger partial charge in [0, 0.05) is 44.0 Å². The van der Waals surface area contributed by atoms with E-state index in [2.05, 4.69) is 40.2 Å². The number of carbonyl (C=O) groups is 1. The van der Waals surface area contributed by atoms with Crippen LogP contribution in [0.25, 0.3) is 0 Å². The van der Waals surface area contributed by atoms with Gasteiger partial charge in [0.1, 0.15) is 5.75 Å². The molecule has 1 heterocycles. The maximum Gasteiger partial charge on any atom is 0.241 e. The summed E-state index contributed by atoms with van der Waals surface area (Å²) < 4.78 is 5.50. The Morgan fingerprint density at radius 1 is 1.21 bits per heavy atom. The van der Waals surface area contributed by atoms with Crippen molar-refractivity contribution < 1.29 is 9.53 Å². The number of anilines is 1. The number of methoxy groups -OCH3 is 1. The van der Waals surface area contributed by atoms with E-state index in [9.17, 15) is 4.79 Å². The minimum Gasteiger partial charge on any atom is -0.496 e. The first-order valence-electron chi connectivity index (χ1n) is 9.91. The second-order valence-electron chi connectivity index (χ2n) is 7.49. The third-order valence-corrected chi connectivity index (χ3v) is 5.42. The molecule has 1 N–H and O–H groups in total. The monoisotopic (exact) mass is 392 g/mol. The Labute approximate surface area is 172 Å². The number of nitriles is 1. The molecule has 1 aliphatic heterocycles. The summed E-state index contributed by atoms with van der Waals surface area (Å²) in [7, 11) is 1.71. The van der Waals surface area contributed by atoms with Crippen molar-refractivity contribution in [3.8, 4) is 11.8 Å². The zero-order valence-electron chi connectivity index (χ0n) is 17.3. The molecule has 6 nitrogen and oxygen atoms in total. The number of carbonyl (C=O) groups excluding carboxylic acids is 1. The molecule has 29 heavy (non-hydrogen) atoms. The van der Waals surface area contributed by atoms with Gasteiger partial charge in [-0.3, -0.25) is 14.6 Å². The van der Waals surface area contributed by atoms with Crippen LogP contribution in [-0.2, 0) is 11.3 Å². The molecule has 6 heteroatoms. The quantitative estimate of drug-likeness (QED) is 0.818. The zero-order valence-corrected chi connectivity index (χ0v) is 17.3. The number of rotatable bonds is 6. The van der Waals surface area contributed by atoms with Crippen molar-refractivity contribution in [2.75, 3.05) is 38.6 Å². The third kappa shape index (κ3) is 5.35. The molecule has 1 fully saturated rings. The predicted molar refractivity (Wildman–Crippen MR) is 114 cm³/mol. The van der Waals surface area contributed by atoms with E-state index in [-0.39, 0.29) is 11.9 Å². The molecule has 0 saturated carbocycles. The molecule has 0 unspecified atom stereocenters. The van der Waals surface area contributed by atoms with E-state index in [4.69, 9.17) is 10.00 Å². The molecule has 2 aromatic rings. The van der Waals surface area contributed by atoms with E-state index in [0.717, 1.165) is 38.5 Å². The third-order valence-electron chi connectivity index (χ3n) is 5.42. The van der Waals surface area contributed by atoms with Gasteiger partial charge in [0.05, 0.1) is 24.8 Å². The highest BCUT2D eigenvalue weighted by Crippen LogP contribution is 2.22. The van der Waals surface area contributed by atoms with Gasteiger partial charge in [-0.25, -0.2) is 0 Å². The fourth-order valence-corrected chi connectivity index (χ4v) is 3.66. The van der Waals surface area contributed by atoms with Crippen molar-refractivity contribution in [1.82, 2.24) is 9.80 Å². The number of nitrogens with one attached hydrogen (secondary N) is 1. The lowest BCUT2D eigenvalue weighted by Gasteiger charge is -2.37. The Bertz CT molecular complexity index is 898. The predicted octanol–water partition coefficient (Wildman–Crippen LogP) is 3.02. The summed E-state index contributed by atoms with van der Waals surface area (Å²) in [5.74, 6) is 0.874. The van der Waals surface area contributed by atoms with Crippen molar-refractivity contribution in [1.29, 1.82) is 5.26 Å². The van der Waals surface area contributed by atoms with Gasteiger partial charge in [-0.1, -0.05) is 23.8 Å². The van der Waals surface area contributed by atoms with Crippen LogP contribution in [0.5, 0.6) is 5.75 Å². The van der Waals surface area contributed by atoms with Crippen LogP contribution in [0.4, 0.5) is 5.69 Å². The Balaban J connectivity index is 1.54. The second kappa shape index (κ2) is 9.55. The number of amides is 1. The van der Waals surface area contributed by atoms with Gasteiger partial charge in [-0.15, -0.1) is 0 Å². The summed E-state index contributed by atoms with van der Waals surface area (Å²) in [5.41, 5.74) is 3.62. The Morgan fingerprint density at radius 2 is 1.97 bits per heavy atom. The first-order chi connectivity index (χ1) is 14.0. The van der Waals surface area contributed by atoms with Crippen LogP contribution >= 0.6 is 0 Å². The fraction of sp³-hybridized carbons (Fsp3) is 0.391. The highest BCUT2D eigenvalue weighted by atomic mass is 16.5. The molecule has 0 radical (unpaired) electrons. The van der Waals surface area contributed by atoms with Crippen LogP contribution in [0.1, 0.15) is 23.6 Å². The number of benzene rings is 2. The highest BCUT2D eigenvalue weighted by molar-refractivity contribution is 5.94. The van der Waals surface area contributed by atoms with Gasteiger partial charge in [-0.05, 0) is 38.1 Å². The summed E-state index contributed by atoms with van der Waals surface area (Å²) in [6, 6.07) is 15.1. The summed E-state index contributed by atoms with van der Waals surface area (Å²) in [5, 5.41) is 11.9. The number of ether oxygens (including phenoxy) is 1. The number of hydrogen-bond acceptors (Lipinski definition) is 5. The summed E-state index contributed by atoms with van der Waals surface area (Å²) in [4.78, 5) is 17.2. The first kappa shape index (κ1) is 20.8. The van der Waals surface area contributed by atoms with Gasteiger partial charge in [0.15, 0.2) is 0 Å². The van der Waals surface area contributed by atoms with Crippen LogP contribution < -0.4 is 10.1 Å². The van der Waals surface area contributed by atoms with E-state index in [1.807, 2.05) is 13.0 Å². The standard InChI is InChI=1S/C23H28N4O2/c1-17-7-8-22(29-3)20(13-17)16-26-9-11-27(12-10-26)18(2)23(28)25-21-6-4-5-19(14-21)15-24/h4-8,13-14,18H,9-12,16H2,1-3H3,(H,25,28)/t18-/m1/s1. The maximum atomic E-state index is 12.6. The smallest absolute Gasteiger partial charge is 0.241 e. The van der Waals surface area contributed by atoms with Crippen LogP contribution in [0.2, 0.25) is 0 Å². The fourth-order valence-electron chi connectivity index (χ4n) is 3.66. The Morgan fingerprint density at radius 3 is 2.66 bits per heavy atom. The largest absolute Gasteiger partial charge is 0.496 e. The average molecular weight is 393 g/mol. The molecule has 0 spiro atoms. The van der Waals surface area contributed by atoms with Crippen molar-refractivity contribution in [3.63, 3.8) is 0 Å². The Kier molecular flexibility index (Phi) is 6.86. The molecule has 2 aromatic carbocycles. The van der Waals surface area contributed by atoms with Crippen molar-refractivity contribution >= 4 is 11.6 Å².